The fraction of sp³-hybridized carbons (Fsp3) is 0.500. The van der Waals surface area contributed by atoms with Crippen LogP contribution >= 0.6 is 0 Å². The van der Waals surface area contributed by atoms with Crippen molar-refractivity contribution >= 4 is 0 Å². The summed E-state index contributed by atoms with van der Waals surface area (Å²) in [6.45, 7) is 1.78. The Hall–Kier alpha value is -1.36. The Balaban J connectivity index is 2.39. The minimum atomic E-state index is -0.422. The molecule has 0 aliphatic carbocycles. The molecule has 5 nitrogen and oxygen atoms in total. The number of nitrogens with one attached hydrogen (secondary N) is 3. The highest BCUT2D eigenvalue weighted by molar-refractivity contribution is 5.08. The molecule has 0 amide bonds. The molecule has 1 aliphatic rings. The number of hydrogen-bond donors (Lipinski definition) is 3. The van der Waals surface area contributed by atoms with Crippen LogP contribution in [0.1, 0.15) is 18.0 Å². The molecule has 5 heteroatoms. The van der Waals surface area contributed by atoms with Crippen molar-refractivity contribution in [3.8, 4) is 0 Å². The Bertz CT molecular complexity index is 372. The molecular weight excluding hydrogens is 170 g/mol. The Labute approximate surface area is 74.2 Å². The SMILES string of the molecule is O=c1cc([C@@H]2CCNC2)[nH]c(=O)[nH]1. The van der Waals surface area contributed by atoms with Crippen LogP contribution in [0.15, 0.2) is 15.7 Å². The lowest BCUT2D eigenvalue weighted by atomic mass is 10.1. The summed E-state index contributed by atoms with van der Waals surface area (Å²) in [6.07, 6.45) is 0.972. The van der Waals surface area contributed by atoms with Crippen LogP contribution in [0.25, 0.3) is 0 Å². The fourth-order valence-electron chi connectivity index (χ4n) is 1.63. The second-order valence-corrected chi connectivity index (χ2v) is 3.23. The lowest BCUT2D eigenvalue weighted by molar-refractivity contribution is 0.721. The van der Waals surface area contributed by atoms with Gasteiger partial charge in [-0.15, -0.1) is 0 Å². The average Bonchev–Trinajstić information content (AvgIpc) is 2.53. The van der Waals surface area contributed by atoms with Crippen LogP contribution in [0.4, 0.5) is 0 Å². The van der Waals surface area contributed by atoms with Gasteiger partial charge in [0.2, 0.25) is 0 Å². The van der Waals surface area contributed by atoms with E-state index < -0.39 is 5.69 Å². The zero-order chi connectivity index (χ0) is 9.26. The van der Waals surface area contributed by atoms with Crippen molar-refractivity contribution in [1.82, 2.24) is 15.3 Å². The molecule has 13 heavy (non-hydrogen) atoms. The molecule has 0 spiro atoms. The Morgan fingerprint density at radius 3 is 2.77 bits per heavy atom. The van der Waals surface area contributed by atoms with Gasteiger partial charge in [-0.05, 0) is 13.0 Å². The van der Waals surface area contributed by atoms with E-state index in [0.29, 0.717) is 0 Å². The van der Waals surface area contributed by atoms with Gasteiger partial charge < -0.3 is 10.3 Å². The van der Waals surface area contributed by atoms with E-state index in [1.54, 1.807) is 0 Å². The van der Waals surface area contributed by atoms with Crippen LogP contribution in [-0.2, 0) is 0 Å². The summed E-state index contributed by atoms with van der Waals surface area (Å²) in [5.41, 5.74) is -0.0150. The van der Waals surface area contributed by atoms with Crippen LogP contribution in [0.2, 0.25) is 0 Å². The minimum Gasteiger partial charge on any atom is -0.316 e. The second kappa shape index (κ2) is 3.18. The van der Waals surface area contributed by atoms with Crippen LogP contribution < -0.4 is 16.6 Å². The first-order chi connectivity index (χ1) is 6.25. The summed E-state index contributed by atoms with van der Waals surface area (Å²) in [5.74, 6) is 0.273. The van der Waals surface area contributed by atoms with E-state index in [0.717, 1.165) is 25.2 Å². The average molecular weight is 181 g/mol. The molecule has 2 heterocycles. The molecule has 0 radical (unpaired) electrons. The van der Waals surface area contributed by atoms with E-state index in [4.69, 9.17) is 0 Å². The van der Waals surface area contributed by atoms with E-state index in [-0.39, 0.29) is 11.5 Å². The Morgan fingerprint density at radius 2 is 2.15 bits per heavy atom. The van der Waals surface area contributed by atoms with Crippen LogP contribution in [0.5, 0.6) is 0 Å². The van der Waals surface area contributed by atoms with Gasteiger partial charge in [0.25, 0.3) is 5.56 Å². The number of hydrogen-bond acceptors (Lipinski definition) is 3. The summed E-state index contributed by atoms with van der Waals surface area (Å²) in [4.78, 5) is 26.7. The van der Waals surface area contributed by atoms with Gasteiger partial charge in [-0.25, -0.2) is 4.79 Å². The number of H-pyrrole nitrogens is 2. The normalized spacial score (nSPS) is 22.0. The molecule has 3 N–H and O–H groups in total. The third-order valence-electron chi connectivity index (χ3n) is 2.28. The van der Waals surface area contributed by atoms with E-state index in [2.05, 4.69) is 15.3 Å². The minimum absolute atomic E-state index is 0.273. The van der Waals surface area contributed by atoms with Crippen LogP contribution in [0.3, 0.4) is 0 Å². The molecule has 1 aromatic heterocycles. The molecule has 0 unspecified atom stereocenters. The lowest BCUT2D eigenvalue weighted by Gasteiger charge is -2.06. The molecule has 1 aliphatic heterocycles. The molecule has 0 bridgehead atoms. The summed E-state index contributed by atoms with van der Waals surface area (Å²) in [6, 6.07) is 1.46. The van der Waals surface area contributed by atoms with E-state index >= 15 is 0 Å². The van der Waals surface area contributed by atoms with E-state index in [9.17, 15) is 9.59 Å². The second-order valence-electron chi connectivity index (χ2n) is 3.23. The summed E-state index contributed by atoms with van der Waals surface area (Å²) >= 11 is 0. The van der Waals surface area contributed by atoms with E-state index in [1.165, 1.54) is 6.07 Å². The first-order valence-corrected chi connectivity index (χ1v) is 4.30. The number of aromatic nitrogens is 2. The van der Waals surface area contributed by atoms with Crippen molar-refractivity contribution in [2.45, 2.75) is 12.3 Å². The molecule has 1 saturated heterocycles. The lowest BCUT2D eigenvalue weighted by Crippen LogP contribution is -2.24. The molecule has 70 valence electrons. The summed E-state index contributed by atoms with van der Waals surface area (Å²) < 4.78 is 0. The van der Waals surface area contributed by atoms with Gasteiger partial charge >= 0.3 is 5.69 Å². The smallest absolute Gasteiger partial charge is 0.316 e. The zero-order valence-electron chi connectivity index (χ0n) is 7.09. The molecule has 2 rings (SSSR count). The van der Waals surface area contributed by atoms with Gasteiger partial charge in [-0.2, -0.15) is 0 Å². The maximum absolute atomic E-state index is 11.0. The third-order valence-corrected chi connectivity index (χ3v) is 2.28. The molecular formula is C8H11N3O2. The third kappa shape index (κ3) is 1.70. The largest absolute Gasteiger partial charge is 0.325 e. The quantitative estimate of drug-likeness (QED) is 0.527. The van der Waals surface area contributed by atoms with Gasteiger partial charge in [0, 0.05) is 24.2 Å². The summed E-state index contributed by atoms with van der Waals surface area (Å²) in [7, 11) is 0. The standard InChI is InChI=1S/C8H11N3O2/c12-7-3-6(10-8(13)11-7)5-1-2-9-4-5/h3,5,9H,1-2,4H2,(H2,10,11,12,13)/t5-/m1/s1. The molecule has 1 aromatic rings. The fourth-order valence-corrected chi connectivity index (χ4v) is 1.63. The molecule has 1 fully saturated rings. The molecule has 0 aromatic carbocycles. The topological polar surface area (TPSA) is 77.8 Å². The first-order valence-electron chi connectivity index (χ1n) is 4.30. The van der Waals surface area contributed by atoms with Crippen molar-refractivity contribution in [3.05, 3.63) is 32.6 Å². The van der Waals surface area contributed by atoms with Crippen molar-refractivity contribution in [3.63, 3.8) is 0 Å². The highest BCUT2D eigenvalue weighted by atomic mass is 16.2. The van der Waals surface area contributed by atoms with Crippen molar-refractivity contribution in [2.75, 3.05) is 13.1 Å². The van der Waals surface area contributed by atoms with E-state index in [1.807, 2.05) is 0 Å². The van der Waals surface area contributed by atoms with Crippen LogP contribution in [-0.4, -0.2) is 23.1 Å². The maximum atomic E-state index is 11.0. The van der Waals surface area contributed by atoms with Crippen molar-refractivity contribution < 1.29 is 0 Å². The van der Waals surface area contributed by atoms with Gasteiger partial charge in [0.15, 0.2) is 0 Å². The highest BCUT2D eigenvalue weighted by Crippen LogP contribution is 2.17. The highest BCUT2D eigenvalue weighted by Gasteiger charge is 2.17. The van der Waals surface area contributed by atoms with Gasteiger partial charge in [-0.3, -0.25) is 9.78 Å². The Morgan fingerprint density at radius 1 is 1.31 bits per heavy atom. The monoisotopic (exact) mass is 181 g/mol. The predicted octanol–water partition coefficient (Wildman–Crippen LogP) is -0.860. The number of rotatable bonds is 1. The zero-order valence-corrected chi connectivity index (χ0v) is 7.09. The van der Waals surface area contributed by atoms with Gasteiger partial charge in [-0.1, -0.05) is 0 Å². The molecule has 1 atom stereocenters. The Kier molecular flexibility index (Phi) is 2.02. The maximum Gasteiger partial charge on any atom is 0.325 e. The molecule has 0 saturated carbocycles. The number of aromatic amines is 2. The summed E-state index contributed by atoms with van der Waals surface area (Å²) in [5, 5.41) is 3.18. The predicted molar refractivity (Wildman–Crippen MR) is 47.9 cm³/mol. The van der Waals surface area contributed by atoms with Crippen molar-refractivity contribution in [1.29, 1.82) is 0 Å². The van der Waals surface area contributed by atoms with Crippen LogP contribution in [0, 0.1) is 0 Å². The first kappa shape index (κ1) is 8.25. The van der Waals surface area contributed by atoms with Gasteiger partial charge in [0.05, 0.1) is 0 Å². The van der Waals surface area contributed by atoms with Gasteiger partial charge in [0.1, 0.15) is 0 Å². The van der Waals surface area contributed by atoms with Crippen molar-refractivity contribution in [2.24, 2.45) is 0 Å².